The summed E-state index contributed by atoms with van der Waals surface area (Å²) in [5.74, 6) is 0.437. The molecule has 1 radical (unpaired) electrons. The summed E-state index contributed by atoms with van der Waals surface area (Å²) in [6.07, 6.45) is 6.72. The molecule has 2 heterocycles. The van der Waals surface area contributed by atoms with Gasteiger partial charge in [-0.3, -0.25) is 9.78 Å². The number of allylic oxidation sites excluding steroid dienone is 2. The minimum atomic E-state index is -2.37. The Bertz CT molecular complexity index is 2140. The number of hydrogen-bond donors (Lipinski definition) is 1. The first-order valence-corrected chi connectivity index (χ1v) is 21.7. The summed E-state index contributed by atoms with van der Waals surface area (Å²) in [6.45, 7) is 19.2. The van der Waals surface area contributed by atoms with Crippen LogP contribution in [0.25, 0.3) is 33.0 Å². The van der Waals surface area contributed by atoms with Gasteiger partial charge in [-0.05, 0) is 53.6 Å². The van der Waals surface area contributed by atoms with Gasteiger partial charge in [-0.25, -0.2) is 0 Å². The zero-order valence-corrected chi connectivity index (χ0v) is 36.8. The van der Waals surface area contributed by atoms with Crippen LogP contribution >= 0.6 is 0 Å². The minimum Gasteiger partial charge on any atom is -0.512 e. The van der Waals surface area contributed by atoms with Gasteiger partial charge in [-0.1, -0.05) is 152 Å². The molecule has 0 unspecified atom stereocenters. The van der Waals surface area contributed by atoms with E-state index in [-0.39, 0.29) is 48.4 Å². The molecule has 54 heavy (non-hydrogen) atoms. The molecule has 4 aromatic carbocycles. The van der Waals surface area contributed by atoms with Crippen LogP contribution in [0.1, 0.15) is 86.6 Å². The maximum Gasteiger partial charge on any atom is 0.190 e. The van der Waals surface area contributed by atoms with Crippen molar-refractivity contribution in [3.63, 3.8) is 0 Å². The maximum absolute atomic E-state index is 12.0. The number of hydrogen-bond acceptors (Lipinski definition) is 4. The SMILES string of the molecule is CC(C)(C)c1cc(-c2nccc3cc([Si](C)(c4ccccc4)c4ccccc4)oc23)[c-]c2ccccc12.CCC(CC)/C(O)=C/C(=O)C(C)(CC)CC.[Ir]. The van der Waals surface area contributed by atoms with E-state index < -0.39 is 8.07 Å². The van der Waals surface area contributed by atoms with Gasteiger partial charge in [-0.15, -0.1) is 29.1 Å². The van der Waals surface area contributed by atoms with Gasteiger partial charge >= 0.3 is 0 Å². The molecule has 0 atom stereocenters. The van der Waals surface area contributed by atoms with Gasteiger partial charge < -0.3 is 9.52 Å². The molecule has 0 aliphatic heterocycles. The summed E-state index contributed by atoms with van der Waals surface area (Å²) in [6, 6.07) is 40.3. The van der Waals surface area contributed by atoms with E-state index in [9.17, 15) is 9.90 Å². The molecule has 0 aliphatic carbocycles. The number of benzene rings is 4. The van der Waals surface area contributed by atoms with Gasteiger partial charge in [0.25, 0.3) is 0 Å². The number of carbonyl (C=O) groups excluding carboxylic acids is 1. The van der Waals surface area contributed by atoms with E-state index >= 15 is 0 Å². The molecule has 6 rings (SSSR count). The monoisotopic (exact) mass is 915 g/mol. The fourth-order valence-electron chi connectivity index (χ4n) is 7.11. The van der Waals surface area contributed by atoms with Crippen molar-refractivity contribution in [3.05, 3.63) is 133 Å². The Morgan fingerprint density at radius 3 is 1.93 bits per heavy atom. The minimum absolute atomic E-state index is 0. The third-order valence-corrected chi connectivity index (χ3v) is 15.5. The third-order valence-electron chi connectivity index (χ3n) is 11.3. The summed E-state index contributed by atoms with van der Waals surface area (Å²) in [7, 11) is -2.37. The second-order valence-corrected chi connectivity index (χ2v) is 19.6. The van der Waals surface area contributed by atoms with Crippen molar-refractivity contribution >= 4 is 51.4 Å². The molecule has 0 saturated heterocycles. The molecule has 2 aromatic heterocycles. The molecule has 0 saturated carbocycles. The predicted octanol–water partition coefficient (Wildman–Crippen LogP) is 11.1. The van der Waals surface area contributed by atoms with Crippen molar-refractivity contribution in [2.75, 3.05) is 0 Å². The van der Waals surface area contributed by atoms with Crippen LogP contribution in [0.3, 0.4) is 0 Å². The normalized spacial score (nSPS) is 12.4. The predicted molar refractivity (Wildman–Crippen MR) is 226 cm³/mol. The Hall–Kier alpha value is -4.09. The average Bonchev–Trinajstić information content (AvgIpc) is 3.63. The van der Waals surface area contributed by atoms with Gasteiger partial charge in [0.15, 0.2) is 13.9 Å². The Morgan fingerprint density at radius 2 is 1.39 bits per heavy atom. The number of nitrogens with zero attached hydrogens (tertiary/aromatic N) is 1. The van der Waals surface area contributed by atoms with Crippen molar-refractivity contribution in [1.29, 1.82) is 0 Å². The third kappa shape index (κ3) is 8.89. The summed E-state index contributed by atoms with van der Waals surface area (Å²) in [5.41, 5.74) is 3.60. The van der Waals surface area contributed by atoms with Crippen molar-refractivity contribution in [2.24, 2.45) is 11.3 Å². The summed E-state index contributed by atoms with van der Waals surface area (Å²) < 4.78 is 6.84. The quantitative estimate of drug-likeness (QED) is 0.0609. The second kappa shape index (κ2) is 18.0. The Morgan fingerprint density at radius 1 is 0.833 bits per heavy atom. The first kappa shape index (κ1) is 42.6. The van der Waals surface area contributed by atoms with Crippen LogP contribution in [-0.2, 0) is 30.3 Å². The van der Waals surface area contributed by atoms with Crippen molar-refractivity contribution < 1.29 is 34.4 Å². The van der Waals surface area contributed by atoms with E-state index in [1.54, 1.807) is 0 Å². The van der Waals surface area contributed by atoms with Gasteiger partial charge in [-0.2, -0.15) is 0 Å². The molecule has 0 aliphatic rings. The number of fused-ring (bicyclic) bond motifs is 2. The smallest absolute Gasteiger partial charge is 0.190 e. The van der Waals surface area contributed by atoms with E-state index in [0.717, 1.165) is 58.7 Å². The number of aliphatic hydroxyl groups excluding tert-OH is 1. The fourth-order valence-corrected chi connectivity index (χ4v) is 10.5. The van der Waals surface area contributed by atoms with Crippen LogP contribution in [0.2, 0.25) is 6.55 Å². The Kier molecular flexibility index (Phi) is 14.2. The van der Waals surface area contributed by atoms with Crippen LogP contribution in [0, 0.1) is 17.4 Å². The second-order valence-electron chi connectivity index (χ2n) is 15.7. The van der Waals surface area contributed by atoms with E-state index in [4.69, 9.17) is 9.40 Å². The van der Waals surface area contributed by atoms with E-state index in [2.05, 4.69) is 137 Å². The van der Waals surface area contributed by atoms with Crippen molar-refractivity contribution in [2.45, 2.75) is 93.0 Å². The average molecular weight is 915 g/mol. The number of pyridine rings is 1. The molecule has 1 N–H and O–H groups in total. The van der Waals surface area contributed by atoms with Crippen LogP contribution in [0.5, 0.6) is 0 Å². The van der Waals surface area contributed by atoms with E-state index in [1.165, 1.54) is 27.4 Å². The van der Waals surface area contributed by atoms with Gasteiger partial charge in [0, 0.05) is 54.8 Å². The molecule has 0 amide bonds. The fraction of sp³-hybridized carbons (Fsp3) is 0.333. The summed E-state index contributed by atoms with van der Waals surface area (Å²) in [4.78, 5) is 16.9. The molecule has 4 nitrogen and oxygen atoms in total. The molecule has 6 aromatic rings. The zero-order valence-electron chi connectivity index (χ0n) is 33.4. The Balaban J connectivity index is 0.000000327. The number of furan rings is 1. The number of aromatic nitrogens is 1. The number of rotatable bonds is 11. The number of ketones is 1. The molecular weight excluding hydrogens is 859 g/mol. The number of aliphatic hydroxyl groups is 1. The molecular formula is C48H56IrNO3Si-. The van der Waals surface area contributed by atoms with Gasteiger partial charge in [0.05, 0.1) is 11.1 Å². The van der Waals surface area contributed by atoms with Crippen molar-refractivity contribution in [1.82, 2.24) is 4.98 Å². The van der Waals surface area contributed by atoms with Gasteiger partial charge in [0.2, 0.25) is 0 Å². The molecule has 285 valence electrons. The maximum atomic E-state index is 12.0. The summed E-state index contributed by atoms with van der Waals surface area (Å²) >= 11 is 0. The standard InChI is InChI=1S/C34H30NOSi.C14H26O2.Ir/c1-34(2,3)30-22-26(21-24-13-11-12-18-29(24)30)32-33-25(19-20-35-32)23-31(36-33)37(4,27-14-7-5-8-15-27)28-16-9-6-10-17-28;1-6-11(7-2)12(15)10-13(16)14(5,8-3)9-4;/h5-20,22-23H,1-4H3;10-11,15H,6-9H2,1-5H3;/q-1;;/b;12-10-;. The molecule has 6 heteroatoms. The summed E-state index contributed by atoms with van der Waals surface area (Å²) in [5, 5.41) is 17.0. The van der Waals surface area contributed by atoms with E-state index in [0.29, 0.717) is 0 Å². The molecule has 0 bridgehead atoms. The van der Waals surface area contributed by atoms with Gasteiger partial charge in [0.1, 0.15) is 5.58 Å². The van der Waals surface area contributed by atoms with E-state index in [1.807, 2.05) is 40.8 Å². The van der Waals surface area contributed by atoms with Crippen LogP contribution in [0.4, 0.5) is 0 Å². The van der Waals surface area contributed by atoms with Crippen molar-refractivity contribution in [3.8, 4) is 11.3 Å². The number of carbonyl (C=O) groups is 1. The molecule has 0 spiro atoms. The van der Waals surface area contributed by atoms with Crippen LogP contribution in [-0.4, -0.2) is 23.9 Å². The Labute approximate surface area is 337 Å². The van der Waals surface area contributed by atoms with Crippen LogP contribution in [0.15, 0.2) is 126 Å². The van der Waals surface area contributed by atoms with Crippen LogP contribution < -0.4 is 15.8 Å². The topological polar surface area (TPSA) is 63.3 Å². The zero-order chi connectivity index (χ0) is 38.4. The largest absolute Gasteiger partial charge is 0.512 e. The molecule has 0 fully saturated rings. The first-order valence-electron chi connectivity index (χ1n) is 19.2. The first-order chi connectivity index (χ1) is 25.3.